The summed E-state index contributed by atoms with van der Waals surface area (Å²) in [6.07, 6.45) is 2.76. The molecule has 1 unspecified atom stereocenters. The molecule has 0 bridgehead atoms. The van der Waals surface area contributed by atoms with E-state index in [9.17, 15) is 0 Å². The fourth-order valence-corrected chi connectivity index (χ4v) is 2.53. The van der Waals surface area contributed by atoms with Gasteiger partial charge in [0.1, 0.15) is 0 Å². The Labute approximate surface area is 94.1 Å². The van der Waals surface area contributed by atoms with E-state index in [4.69, 9.17) is 10.5 Å². The maximum atomic E-state index is 5.60. The van der Waals surface area contributed by atoms with Crippen molar-refractivity contribution >= 4 is 16.5 Å². The molecule has 1 aromatic rings. The number of nitrogens with two attached hydrogens (primary N) is 1. The molecule has 0 saturated carbocycles. The van der Waals surface area contributed by atoms with Crippen LogP contribution in [0.1, 0.15) is 18.5 Å². The van der Waals surface area contributed by atoms with Crippen LogP contribution in [0.3, 0.4) is 0 Å². The van der Waals surface area contributed by atoms with Crippen molar-refractivity contribution in [3.05, 3.63) is 11.1 Å². The molecule has 0 aliphatic carbocycles. The van der Waals surface area contributed by atoms with Gasteiger partial charge >= 0.3 is 0 Å². The summed E-state index contributed by atoms with van der Waals surface area (Å²) in [4.78, 5) is 6.65. The summed E-state index contributed by atoms with van der Waals surface area (Å²) in [7, 11) is 1.79. The van der Waals surface area contributed by atoms with Gasteiger partial charge in [-0.3, -0.25) is 4.90 Å². The van der Waals surface area contributed by atoms with Crippen molar-refractivity contribution in [3.8, 4) is 0 Å². The number of thiazole rings is 1. The highest BCUT2D eigenvalue weighted by Gasteiger charge is 2.19. The first kappa shape index (κ1) is 10.9. The number of ether oxygens (including phenoxy) is 1. The molecule has 5 heteroatoms. The molecule has 0 radical (unpaired) electrons. The number of piperidine rings is 1. The monoisotopic (exact) mass is 227 g/mol. The molecule has 4 nitrogen and oxygen atoms in total. The molecular formula is C10H17N3OS. The van der Waals surface area contributed by atoms with Gasteiger partial charge in [-0.15, -0.1) is 11.3 Å². The lowest BCUT2D eigenvalue weighted by Gasteiger charge is -2.31. The van der Waals surface area contributed by atoms with Gasteiger partial charge in [-0.25, -0.2) is 4.98 Å². The molecule has 15 heavy (non-hydrogen) atoms. The van der Waals surface area contributed by atoms with Crippen LogP contribution in [-0.4, -0.2) is 36.2 Å². The Hall–Kier alpha value is -0.650. The Bertz CT molecular complexity index is 315. The fraction of sp³-hybridized carbons (Fsp3) is 0.700. The number of anilines is 1. The number of nitrogen functional groups attached to an aromatic ring is 1. The van der Waals surface area contributed by atoms with Crippen molar-refractivity contribution in [2.45, 2.75) is 25.5 Å². The second-order valence-electron chi connectivity index (χ2n) is 3.91. The van der Waals surface area contributed by atoms with Crippen LogP contribution >= 0.6 is 11.3 Å². The van der Waals surface area contributed by atoms with Gasteiger partial charge in [-0.1, -0.05) is 0 Å². The zero-order valence-corrected chi connectivity index (χ0v) is 9.80. The molecule has 0 aromatic carbocycles. The van der Waals surface area contributed by atoms with Crippen LogP contribution in [0.4, 0.5) is 5.13 Å². The molecule has 84 valence electrons. The summed E-state index contributed by atoms with van der Waals surface area (Å²) < 4.78 is 5.38. The van der Waals surface area contributed by atoms with Crippen molar-refractivity contribution in [2.24, 2.45) is 0 Å². The van der Waals surface area contributed by atoms with Gasteiger partial charge in [-0.2, -0.15) is 0 Å². The van der Waals surface area contributed by atoms with Gasteiger partial charge in [-0.05, 0) is 19.4 Å². The number of methoxy groups -OCH3 is 1. The lowest BCUT2D eigenvalue weighted by Crippen LogP contribution is -2.38. The molecule has 0 amide bonds. The molecule has 2 rings (SSSR count). The highest BCUT2D eigenvalue weighted by atomic mass is 32.1. The molecule has 1 aromatic heterocycles. The predicted molar refractivity (Wildman–Crippen MR) is 61.8 cm³/mol. The van der Waals surface area contributed by atoms with E-state index in [0.29, 0.717) is 11.2 Å². The normalized spacial score (nSPS) is 23.1. The summed E-state index contributed by atoms with van der Waals surface area (Å²) in [5, 5.41) is 2.69. The Kier molecular flexibility index (Phi) is 3.56. The quantitative estimate of drug-likeness (QED) is 0.846. The third-order valence-corrected chi connectivity index (χ3v) is 3.47. The van der Waals surface area contributed by atoms with Crippen LogP contribution in [0, 0.1) is 0 Å². The fourth-order valence-electron chi connectivity index (χ4n) is 1.97. The molecule has 1 saturated heterocycles. The van der Waals surface area contributed by atoms with Gasteiger partial charge in [0, 0.05) is 25.6 Å². The largest absolute Gasteiger partial charge is 0.380 e. The van der Waals surface area contributed by atoms with Crippen molar-refractivity contribution in [1.29, 1.82) is 0 Å². The van der Waals surface area contributed by atoms with E-state index in [0.717, 1.165) is 25.3 Å². The lowest BCUT2D eigenvalue weighted by molar-refractivity contribution is 0.0282. The molecule has 0 spiro atoms. The average molecular weight is 227 g/mol. The zero-order valence-electron chi connectivity index (χ0n) is 8.98. The second kappa shape index (κ2) is 4.92. The predicted octanol–water partition coefficient (Wildman–Crippen LogP) is 1.34. The number of nitrogens with zero attached hydrogens (tertiary/aromatic N) is 2. The Morgan fingerprint density at radius 2 is 2.60 bits per heavy atom. The SMILES string of the molecule is COC1CCCN(Cc2csc(N)n2)C1. The van der Waals surface area contributed by atoms with E-state index in [1.807, 2.05) is 5.38 Å². The van der Waals surface area contributed by atoms with Crippen LogP contribution in [0.15, 0.2) is 5.38 Å². The molecule has 1 aliphatic heterocycles. The smallest absolute Gasteiger partial charge is 0.180 e. The van der Waals surface area contributed by atoms with Crippen LogP contribution in [0.5, 0.6) is 0 Å². The van der Waals surface area contributed by atoms with E-state index < -0.39 is 0 Å². The van der Waals surface area contributed by atoms with E-state index in [2.05, 4.69) is 9.88 Å². The molecule has 1 aliphatic rings. The van der Waals surface area contributed by atoms with Crippen LogP contribution in [0.25, 0.3) is 0 Å². The third kappa shape index (κ3) is 2.90. The summed E-state index contributed by atoms with van der Waals surface area (Å²) in [5.74, 6) is 0. The molecular weight excluding hydrogens is 210 g/mol. The second-order valence-corrected chi connectivity index (χ2v) is 4.80. The third-order valence-electron chi connectivity index (χ3n) is 2.75. The van der Waals surface area contributed by atoms with Gasteiger partial charge in [0.2, 0.25) is 0 Å². The van der Waals surface area contributed by atoms with Crippen molar-refractivity contribution < 1.29 is 4.74 Å². The molecule has 2 N–H and O–H groups in total. The van der Waals surface area contributed by atoms with Crippen molar-refractivity contribution in [1.82, 2.24) is 9.88 Å². The first-order valence-electron chi connectivity index (χ1n) is 5.23. The molecule has 1 fully saturated rings. The van der Waals surface area contributed by atoms with Crippen LogP contribution in [-0.2, 0) is 11.3 Å². The number of rotatable bonds is 3. The zero-order chi connectivity index (χ0) is 10.7. The van der Waals surface area contributed by atoms with E-state index in [1.54, 1.807) is 7.11 Å². The highest BCUT2D eigenvalue weighted by Crippen LogP contribution is 2.17. The number of aromatic nitrogens is 1. The minimum absolute atomic E-state index is 0.384. The Morgan fingerprint density at radius 3 is 3.27 bits per heavy atom. The van der Waals surface area contributed by atoms with Gasteiger partial charge in [0.05, 0.1) is 11.8 Å². The molecule has 2 heterocycles. The minimum Gasteiger partial charge on any atom is -0.380 e. The Balaban J connectivity index is 1.88. The number of hydrogen-bond donors (Lipinski definition) is 1. The van der Waals surface area contributed by atoms with Crippen LogP contribution < -0.4 is 5.73 Å². The van der Waals surface area contributed by atoms with Crippen LogP contribution in [0.2, 0.25) is 0 Å². The first-order valence-corrected chi connectivity index (χ1v) is 6.11. The average Bonchev–Trinajstić information content (AvgIpc) is 2.64. The van der Waals surface area contributed by atoms with E-state index in [-0.39, 0.29) is 0 Å². The maximum Gasteiger partial charge on any atom is 0.180 e. The standard InChI is InChI=1S/C10H17N3OS/c1-14-9-3-2-4-13(6-9)5-8-7-15-10(11)12-8/h7,9H,2-6H2,1H3,(H2,11,12). The topological polar surface area (TPSA) is 51.4 Å². The minimum atomic E-state index is 0.384. The van der Waals surface area contributed by atoms with E-state index >= 15 is 0 Å². The van der Waals surface area contributed by atoms with E-state index in [1.165, 1.54) is 24.2 Å². The van der Waals surface area contributed by atoms with Gasteiger partial charge in [0.15, 0.2) is 5.13 Å². The highest BCUT2D eigenvalue weighted by molar-refractivity contribution is 7.13. The first-order chi connectivity index (χ1) is 7.28. The summed E-state index contributed by atoms with van der Waals surface area (Å²) in [6, 6.07) is 0. The summed E-state index contributed by atoms with van der Waals surface area (Å²) >= 11 is 1.51. The summed E-state index contributed by atoms with van der Waals surface area (Å²) in [5.41, 5.74) is 6.68. The lowest BCUT2D eigenvalue weighted by atomic mass is 10.1. The molecule has 1 atom stereocenters. The number of likely N-dealkylation sites (tertiary alicyclic amines) is 1. The summed E-state index contributed by atoms with van der Waals surface area (Å²) in [6.45, 7) is 3.04. The van der Waals surface area contributed by atoms with Crippen molar-refractivity contribution in [2.75, 3.05) is 25.9 Å². The van der Waals surface area contributed by atoms with Gasteiger partial charge < -0.3 is 10.5 Å². The number of hydrogen-bond acceptors (Lipinski definition) is 5. The van der Waals surface area contributed by atoms with Gasteiger partial charge in [0.25, 0.3) is 0 Å². The van der Waals surface area contributed by atoms with Crippen molar-refractivity contribution in [3.63, 3.8) is 0 Å². The maximum absolute atomic E-state index is 5.60. The Morgan fingerprint density at radius 1 is 1.73 bits per heavy atom.